The summed E-state index contributed by atoms with van der Waals surface area (Å²) >= 11 is 1.63. The Morgan fingerprint density at radius 2 is 2.29 bits per heavy atom. The summed E-state index contributed by atoms with van der Waals surface area (Å²) in [6, 6.07) is 6.75. The summed E-state index contributed by atoms with van der Waals surface area (Å²) in [4.78, 5) is 3.52. The van der Waals surface area contributed by atoms with Crippen molar-refractivity contribution in [1.29, 1.82) is 0 Å². The van der Waals surface area contributed by atoms with Crippen LogP contribution in [0.3, 0.4) is 0 Å². The fraction of sp³-hybridized carbons (Fsp3) is 0.562. The summed E-state index contributed by atoms with van der Waals surface area (Å²) in [7, 11) is 0. The van der Waals surface area contributed by atoms with Crippen molar-refractivity contribution in [2.24, 2.45) is 10.9 Å². The molecule has 0 aliphatic carbocycles. The van der Waals surface area contributed by atoms with E-state index in [9.17, 15) is 0 Å². The van der Waals surface area contributed by atoms with Crippen molar-refractivity contribution in [3.63, 3.8) is 0 Å². The van der Waals surface area contributed by atoms with Crippen LogP contribution in [-0.2, 0) is 0 Å². The van der Waals surface area contributed by atoms with Gasteiger partial charge < -0.3 is 15.8 Å². The average molecular weight is 307 g/mol. The largest absolute Gasteiger partial charge is 0.409 e. The zero-order valence-corrected chi connectivity index (χ0v) is 13.7. The van der Waals surface area contributed by atoms with Gasteiger partial charge in [-0.15, -0.1) is 11.8 Å². The Hall–Kier alpha value is -1.36. The second kappa shape index (κ2) is 7.59. The van der Waals surface area contributed by atoms with Gasteiger partial charge in [0.05, 0.1) is 5.56 Å². The zero-order valence-electron chi connectivity index (χ0n) is 12.9. The molecule has 1 aliphatic rings. The summed E-state index contributed by atoms with van der Waals surface area (Å²) < 4.78 is 0. The number of anilines is 1. The SMILES string of the molecule is CCCC1CCCCN1c1cccc(SC)c1/C(N)=N/O. The molecule has 4 nitrogen and oxygen atoms in total. The van der Waals surface area contributed by atoms with E-state index in [1.807, 2.05) is 12.3 Å². The van der Waals surface area contributed by atoms with Crippen LogP contribution in [-0.4, -0.2) is 29.9 Å². The molecule has 5 heteroatoms. The predicted octanol–water partition coefficient (Wildman–Crippen LogP) is 3.66. The smallest absolute Gasteiger partial charge is 0.173 e. The monoisotopic (exact) mass is 307 g/mol. The van der Waals surface area contributed by atoms with Gasteiger partial charge in [-0.1, -0.05) is 24.6 Å². The Morgan fingerprint density at radius 3 is 2.95 bits per heavy atom. The van der Waals surface area contributed by atoms with E-state index in [4.69, 9.17) is 10.9 Å². The molecule has 1 fully saturated rings. The third-order valence-electron chi connectivity index (χ3n) is 4.15. The third-order valence-corrected chi connectivity index (χ3v) is 4.93. The quantitative estimate of drug-likeness (QED) is 0.286. The molecule has 0 spiro atoms. The highest BCUT2D eigenvalue weighted by Gasteiger charge is 2.25. The van der Waals surface area contributed by atoms with Gasteiger partial charge in [-0.3, -0.25) is 0 Å². The molecule has 0 amide bonds. The number of thioether (sulfide) groups is 1. The fourth-order valence-corrected chi connectivity index (χ4v) is 3.82. The third kappa shape index (κ3) is 3.46. The van der Waals surface area contributed by atoms with Crippen molar-refractivity contribution < 1.29 is 5.21 Å². The Balaban J connectivity index is 2.46. The van der Waals surface area contributed by atoms with E-state index < -0.39 is 0 Å². The topological polar surface area (TPSA) is 61.8 Å². The van der Waals surface area contributed by atoms with E-state index in [1.165, 1.54) is 32.1 Å². The van der Waals surface area contributed by atoms with E-state index in [-0.39, 0.29) is 5.84 Å². The molecule has 1 aromatic carbocycles. The summed E-state index contributed by atoms with van der Waals surface area (Å²) in [6.07, 6.45) is 8.13. The molecule has 0 saturated carbocycles. The molecule has 0 aromatic heterocycles. The van der Waals surface area contributed by atoms with E-state index in [0.29, 0.717) is 6.04 Å². The number of hydrogen-bond donors (Lipinski definition) is 2. The number of piperidine rings is 1. The predicted molar refractivity (Wildman–Crippen MR) is 90.6 cm³/mol. The summed E-state index contributed by atoms with van der Waals surface area (Å²) in [5, 5.41) is 12.4. The van der Waals surface area contributed by atoms with Gasteiger partial charge in [0.25, 0.3) is 0 Å². The Bertz CT molecular complexity index is 502. The summed E-state index contributed by atoms with van der Waals surface area (Å²) in [5.74, 6) is 0.204. The Morgan fingerprint density at radius 1 is 1.48 bits per heavy atom. The van der Waals surface area contributed by atoms with Crippen LogP contribution in [0.15, 0.2) is 28.3 Å². The molecule has 1 saturated heterocycles. The van der Waals surface area contributed by atoms with Gasteiger partial charge in [-0.25, -0.2) is 0 Å². The lowest BCUT2D eigenvalue weighted by molar-refractivity contribution is 0.318. The van der Waals surface area contributed by atoms with Crippen LogP contribution in [0.1, 0.15) is 44.6 Å². The maximum atomic E-state index is 9.14. The lowest BCUT2D eigenvalue weighted by atomic mass is 9.96. The highest BCUT2D eigenvalue weighted by Crippen LogP contribution is 2.34. The first-order valence-electron chi connectivity index (χ1n) is 7.64. The van der Waals surface area contributed by atoms with Gasteiger partial charge in [0, 0.05) is 23.2 Å². The van der Waals surface area contributed by atoms with Crippen LogP contribution in [0.4, 0.5) is 5.69 Å². The number of benzene rings is 1. The molecule has 1 atom stereocenters. The number of oxime groups is 1. The summed E-state index contributed by atoms with van der Waals surface area (Å²) in [5.41, 5.74) is 7.94. The van der Waals surface area contributed by atoms with Gasteiger partial charge >= 0.3 is 0 Å². The van der Waals surface area contributed by atoms with Crippen LogP contribution in [0.2, 0.25) is 0 Å². The van der Waals surface area contributed by atoms with Crippen molar-refractivity contribution in [3.05, 3.63) is 23.8 Å². The van der Waals surface area contributed by atoms with E-state index in [1.54, 1.807) is 11.8 Å². The molecule has 116 valence electrons. The first-order valence-corrected chi connectivity index (χ1v) is 8.87. The van der Waals surface area contributed by atoms with Crippen LogP contribution in [0.25, 0.3) is 0 Å². The number of nitrogens with two attached hydrogens (primary N) is 1. The highest BCUT2D eigenvalue weighted by molar-refractivity contribution is 7.98. The van der Waals surface area contributed by atoms with Gasteiger partial charge in [0.2, 0.25) is 0 Å². The standard InChI is InChI=1S/C16H25N3OS/c1-3-7-12-8-4-5-11-19(12)13-9-6-10-14(21-2)15(13)16(17)18-20/h6,9-10,12,20H,3-5,7-8,11H2,1-2H3,(H2,17,18). The van der Waals surface area contributed by atoms with E-state index in [2.05, 4.69) is 29.1 Å². The maximum absolute atomic E-state index is 9.14. The highest BCUT2D eigenvalue weighted by atomic mass is 32.2. The average Bonchev–Trinajstić information content (AvgIpc) is 2.54. The van der Waals surface area contributed by atoms with Crippen molar-refractivity contribution in [2.45, 2.75) is 50.0 Å². The Kier molecular flexibility index (Phi) is 5.79. The number of hydrogen-bond acceptors (Lipinski definition) is 4. The molecular formula is C16H25N3OS. The molecule has 0 bridgehead atoms. The lowest BCUT2D eigenvalue weighted by Gasteiger charge is -2.39. The molecular weight excluding hydrogens is 282 g/mol. The van der Waals surface area contributed by atoms with Crippen molar-refractivity contribution in [1.82, 2.24) is 0 Å². The van der Waals surface area contributed by atoms with Crippen LogP contribution in [0.5, 0.6) is 0 Å². The first kappa shape index (κ1) is 16.0. The molecule has 1 heterocycles. The molecule has 1 unspecified atom stereocenters. The van der Waals surface area contributed by atoms with Gasteiger partial charge in [0.1, 0.15) is 0 Å². The molecule has 0 radical (unpaired) electrons. The molecule has 2 rings (SSSR count). The Labute approximate surface area is 131 Å². The van der Waals surface area contributed by atoms with Crippen LogP contribution in [0, 0.1) is 0 Å². The van der Waals surface area contributed by atoms with Gasteiger partial charge in [-0.2, -0.15) is 0 Å². The minimum absolute atomic E-state index is 0.204. The van der Waals surface area contributed by atoms with Crippen molar-refractivity contribution >= 4 is 23.3 Å². The first-order chi connectivity index (χ1) is 10.2. The van der Waals surface area contributed by atoms with E-state index in [0.717, 1.165) is 22.7 Å². The second-order valence-corrected chi connectivity index (χ2v) is 6.32. The van der Waals surface area contributed by atoms with E-state index >= 15 is 0 Å². The lowest BCUT2D eigenvalue weighted by Crippen LogP contribution is -2.40. The number of rotatable bonds is 5. The minimum atomic E-state index is 0.204. The maximum Gasteiger partial charge on any atom is 0.173 e. The van der Waals surface area contributed by atoms with Crippen LogP contribution >= 0.6 is 11.8 Å². The van der Waals surface area contributed by atoms with Gasteiger partial charge in [0.15, 0.2) is 5.84 Å². The summed E-state index contributed by atoms with van der Waals surface area (Å²) in [6.45, 7) is 3.28. The molecule has 21 heavy (non-hydrogen) atoms. The fourth-order valence-electron chi connectivity index (χ4n) is 3.19. The van der Waals surface area contributed by atoms with Crippen LogP contribution < -0.4 is 10.6 Å². The minimum Gasteiger partial charge on any atom is -0.409 e. The molecule has 1 aliphatic heterocycles. The van der Waals surface area contributed by atoms with Crippen molar-refractivity contribution in [3.8, 4) is 0 Å². The van der Waals surface area contributed by atoms with Crippen molar-refractivity contribution in [2.75, 3.05) is 17.7 Å². The zero-order chi connectivity index (χ0) is 15.2. The second-order valence-electron chi connectivity index (χ2n) is 5.47. The normalized spacial score (nSPS) is 19.8. The number of amidine groups is 1. The number of nitrogens with zero attached hydrogens (tertiary/aromatic N) is 2. The molecule has 1 aromatic rings. The molecule has 3 N–H and O–H groups in total. The van der Waals surface area contributed by atoms with Gasteiger partial charge in [-0.05, 0) is 44.1 Å².